The van der Waals surface area contributed by atoms with Crippen molar-refractivity contribution in [1.82, 2.24) is 4.98 Å². The molecule has 0 N–H and O–H groups in total. The van der Waals surface area contributed by atoms with Crippen molar-refractivity contribution in [1.29, 1.82) is 0 Å². The van der Waals surface area contributed by atoms with Crippen LogP contribution in [0.4, 0.5) is 0 Å². The van der Waals surface area contributed by atoms with Crippen LogP contribution in [0.5, 0.6) is 0 Å². The molecule has 0 amide bonds. The molecule has 0 unspecified atom stereocenters. The molecule has 0 fully saturated rings. The van der Waals surface area contributed by atoms with Crippen LogP contribution in [0.25, 0.3) is 11.3 Å². The predicted molar refractivity (Wildman–Crippen MR) is 72.8 cm³/mol. The fourth-order valence-electron chi connectivity index (χ4n) is 1.54. The largest absolute Gasteiger partial charge is 0.305 e. The second-order valence-electron chi connectivity index (χ2n) is 4.69. The molecule has 0 saturated carbocycles. The summed E-state index contributed by atoms with van der Waals surface area (Å²) in [6, 6.07) is 15.6. The first kappa shape index (κ1) is 14.5. The molecule has 2 rings (SSSR count). The Kier molecular flexibility index (Phi) is 5.04. The number of hydrogen-bond donors (Lipinski definition) is 0. The van der Waals surface area contributed by atoms with E-state index in [1.165, 1.54) is 5.30 Å². The maximum absolute atomic E-state index is 4.35. The van der Waals surface area contributed by atoms with Gasteiger partial charge in [0.1, 0.15) is 0 Å². The molecule has 3 heteroatoms. The van der Waals surface area contributed by atoms with Gasteiger partial charge in [-0.05, 0) is 11.8 Å². The molecule has 1 aromatic carbocycles. The number of benzene rings is 1. The SMILES string of the molecule is C[P+](C)(C)c1cc[c-]c(-c2ccccn2)c1.[Pt]. The summed E-state index contributed by atoms with van der Waals surface area (Å²) >= 11 is 0. The average Bonchev–Trinajstić information content (AvgIpc) is 2.29. The third kappa shape index (κ3) is 3.73. The number of pyridine rings is 1. The molecule has 0 saturated heterocycles. The zero-order valence-electron chi connectivity index (χ0n) is 10.3. The molecule has 0 atom stereocenters. The summed E-state index contributed by atoms with van der Waals surface area (Å²) in [7, 11) is -0.963. The standard InChI is InChI=1S/C14H16NP.Pt/c1-16(2,3)13-8-6-7-12(11-13)14-9-4-5-10-15-14;/h4-6,8-11H,1-3H3;. The van der Waals surface area contributed by atoms with Crippen molar-refractivity contribution in [3.05, 3.63) is 48.7 Å². The molecule has 17 heavy (non-hydrogen) atoms. The summed E-state index contributed by atoms with van der Waals surface area (Å²) in [4.78, 5) is 4.35. The van der Waals surface area contributed by atoms with Gasteiger partial charge in [-0.25, -0.2) is 0 Å². The summed E-state index contributed by atoms with van der Waals surface area (Å²) in [5.41, 5.74) is 2.09. The Labute approximate surface area is 118 Å². The van der Waals surface area contributed by atoms with Crippen molar-refractivity contribution in [3.8, 4) is 11.3 Å². The molecule has 92 valence electrons. The van der Waals surface area contributed by atoms with E-state index in [1.54, 1.807) is 0 Å². The van der Waals surface area contributed by atoms with Gasteiger partial charge in [0.2, 0.25) is 0 Å². The number of rotatable bonds is 2. The van der Waals surface area contributed by atoms with E-state index in [0.29, 0.717) is 0 Å². The van der Waals surface area contributed by atoms with E-state index >= 15 is 0 Å². The van der Waals surface area contributed by atoms with Crippen molar-refractivity contribution in [2.45, 2.75) is 0 Å². The molecule has 1 heterocycles. The van der Waals surface area contributed by atoms with E-state index in [-0.39, 0.29) is 21.1 Å². The van der Waals surface area contributed by atoms with Crippen LogP contribution in [-0.2, 0) is 21.1 Å². The molecular formula is C14H16NPPt. The zero-order valence-corrected chi connectivity index (χ0v) is 13.4. The molecular weight excluding hydrogens is 408 g/mol. The van der Waals surface area contributed by atoms with Crippen molar-refractivity contribution in [2.24, 2.45) is 0 Å². The summed E-state index contributed by atoms with van der Waals surface area (Å²) in [6.07, 6.45) is 1.82. The average molecular weight is 424 g/mol. The zero-order chi connectivity index (χ0) is 11.6. The van der Waals surface area contributed by atoms with Gasteiger partial charge in [0.05, 0.1) is 20.0 Å². The van der Waals surface area contributed by atoms with Crippen LogP contribution >= 0.6 is 7.26 Å². The van der Waals surface area contributed by atoms with E-state index in [1.807, 2.05) is 30.5 Å². The Balaban J connectivity index is 0.00000144. The molecule has 0 aliphatic heterocycles. The van der Waals surface area contributed by atoms with Gasteiger partial charge in [-0.2, -0.15) is 0 Å². The Morgan fingerprint density at radius 1 is 1.12 bits per heavy atom. The topological polar surface area (TPSA) is 12.9 Å². The third-order valence-corrected chi connectivity index (χ3v) is 4.33. The second kappa shape index (κ2) is 5.89. The molecule has 0 aliphatic carbocycles. The van der Waals surface area contributed by atoms with Crippen LogP contribution in [0.1, 0.15) is 0 Å². The van der Waals surface area contributed by atoms with Crippen molar-refractivity contribution in [2.75, 3.05) is 20.0 Å². The first-order valence-corrected chi connectivity index (χ1v) is 8.45. The van der Waals surface area contributed by atoms with Gasteiger partial charge in [0, 0.05) is 39.8 Å². The van der Waals surface area contributed by atoms with E-state index < -0.39 is 7.26 Å². The fraction of sp³-hybridized carbons (Fsp3) is 0.214. The van der Waals surface area contributed by atoms with Gasteiger partial charge in [-0.1, -0.05) is 12.1 Å². The Bertz CT molecular complexity index is 477. The minimum Gasteiger partial charge on any atom is -0.305 e. The predicted octanol–water partition coefficient (Wildman–Crippen LogP) is 3.08. The molecule has 0 spiro atoms. The Morgan fingerprint density at radius 2 is 1.88 bits per heavy atom. The van der Waals surface area contributed by atoms with Crippen LogP contribution in [0.2, 0.25) is 0 Å². The first-order valence-electron chi connectivity index (χ1n) is 5.32. The van der Waals surface area contributed by atoms with Crippen LogP contribution in [0.3, 0.4) is 0 Å². The molecule has 2 aromatic rings. The summed E-state index contributed by atoms with van der Waals surface area (Å²) in [6.45, 7) is 6.97. The van der Waals surface area contributed by atoms with Crippen LogP contribution in [0, 0.1) is 6.07 Å². The fourth-order valence-corrected chi connectivity index (χ4v) is 2.58. The molecule has 0 bridgehead atoms. The molecule has 0 radical (unpaired) electrons. The molecule has 1 aromatic heterocycles. The molecule has 0 aliphatic rings. The van der Waals surface area contributed by atoms with Crippen LogP contribution < -0.4 is 5.30 Å². The van der Waals surface area contributed by atoms with Crippen molar-refractivity contribution in [3.63, 3.8) is 0 Å². The third-order valence-electron chi connectivity index (χ3n) is 2.50. The van der Waals surface area contributed by atoms with E-state index in [0.717, 1.165) is 11.3 Å². The maximum atomic E-state index is 4.35. The van der Waals surface area contributed by atoms with Gasteiger partial charge >= 0.3 is 0 Å². The second-order valence-corrected chi connectivity index (χ2v) is 9.23. The van der Waals surface area contributed by atoms with Gasteiger partial charge in [0.15, 0.2) is 0 Å². The van der Waals surface area contributed by atoms with Crippen LogP contribution in [-0.4, -0.2) is 25.0 Å². The normalized spacial score (nSPS) is 10.8. The molecule has 1 nitrogen and oxygen atoms in total. The van der Waals surface area contributed by atoms with Gasteiger partial charge in [0.25, 0.3) is 0 Å². The first-order chi connectivity index (χ1) is 7.57. The maximum Gasteiger partial charge on any atom is 0.0515 e. The number of nitrogens with zero attached hydrogens (tertiary/aromatic N) is 1. The van der Waals surface area contributed by atoms with Crippen molar-refractivity contribution < 1.29 is 21.1 Å². The monoisotopic (exact) mass is 424 g/mol. The van der Waals surface area contributed by atoms with Gasteiger partial charge < -0.3 is 4.98 Å². The van der Waals surface area contributed by atoms with E-state index in [9.17, 15) is 0 Å². The van der Waals surface area contributed by atoms with Crippen molar-refractivity contribution >= 4 is 12.6 Å². The minimum absolute atomic E-state index is 0. The van der Waals surface area contributed by atoms with Gasteiger partial charge in [-0.3, -0.25) is 0 Å². The Morgan fingerprint density at radius 3 is 2.47 bits per heavy atom. The minimum atomic E-state index is -0.963. The smallest absolute Gasteiger partial charge is 0.0515 e. The quantitative estimate of drug-likeness (QED) is 0.534. The van der Waals surface area contributed by atoms with E-state index in [4.69, 9.17) is 0 Å². The summed E-state index contributed by atoms with van der Waals surface area (Å²) < 4.78 is 0. The van der Waals surface area contributed by atoms with Crippen LogP contribution in [0.15, 0.2) is 42.6 Å². The Hall–Kier alpha value is -0.512. The summed E-state index contributed by atoms with van der Waals surface area (Å²) in [5.74, 6) is 0. The number of aromatic nitrogens is 1. The van der Waals surface area contributed by atoms with Gasteiger partial charge in [-0.15, -0.1) is 29.8 Å². The summed E-state index contributed by atoms with van der Waals surface area (Å²) in [5, 5.41) is 1.42. The number of hydrogen-bond acceptors (Lipinski definition) is 1. The van der Waals surface area contributed by atoms with E-state index in [2.05, 4.69) is 43.2 Å².